The van der Waals surface area contributed by atoms with Crippen LogP contribution in [-0.2, 0) is 6.61 Å². The Kier molecular flexibility index (Phi) is 4.10. The van der Waals surface area contributed by atoms with Gasteiger partial charge in [0.2, 0.25) is 0 Å². The van der Waals surface area contributed by atoms with Crippen LogP contribution in [0.1, 0.15) is 15.9 Å². The first-order valence-corrected chi connectivity index (χ1v) is 5.71. The van der Waals surface area contributed by atoms with Crippen LogP contribution >= 0.6 is 0 Å². The van der Waals surface area contributed by atoms with Gasteiger partial charge in [-0.25, -0.2) is 0 Å². The normalized spacial score (nSPS) is 10.1. The molecule has 1 N–H and O–H groups in total. The topological polar surface area (TPSA) is 46.5 Å². The molecule has 0 amide bonds. The predicted octanol–water partition coefficient (Wildman–Crippen LogP) is 2.44. The molecule has 0 aliphatic carbocycles. The fourth-order valence-corrected chi connectivity index (χ4v) is 1.64. The number of benzene rings is 2. The van der Waals surface area contributed by atoms with E-state index in [1.54, 1.807) is 24.3 Å². The maximum atomic E-state index is 11.5. The van der Waals surface area contributed by atoms with Gasteiger partial charge in [0.15, 0.2) is 5.78 Å². The summed E-state index contributed by atoms with van der Waals surface area (Å²) in [5.74, 6) is 0.166. The predicted molar refractivity (Wildman–Crippen MR) is 68.6 cm³/mol. The molecule has 2 rings (SSSR count). The van der Waals surface area contributed by atoms with Gasteiger partial charge in [-0.05, 0) is 17.7 Å². The molecule has 0 saturated carbocycles. The van der Waals surface area contributed by atoms with Crippen molar-refractivity contribution in [3.05, 3.63) is 65.7 Å². The van der Waals surface area contributed by atoms with Gasteiger partial charge in [0.1, 0.15) is 19.0 Å². The lowest BCUT2D eigenvalue weighted by atomic mass is 10.1. The average Bonchev–Trinajstić information content (AvgIpc) is 2.45. The van der Waals surface area contributed by atoms with Crippen molar-refractivity contribution in [1.82, 2.24) is 0 Å². The Balaban J connectivity index is 2.12. The summed E-state index contributed by atoms with van der Waals surface area (Å²) in [6.45, 7) is -0.109. The third-order valence-corrected chi connectivity index (χ3v) is 2.57. The third kappa shape index (κ3) is 2.96. The van der Waals surface area contributed by atoms with Gasteiger partial charge in [0.25, 0.3) is 0 Å². The Morgan fingerprint density at radius 2 is 1.67 bits per heavy atom. The minimum atomic E-state index is -0.508. The minimum Gasteiger partial charge on any atom is -0.488 e. The molecule has 0 saturated heterocycles. The Bertz CT molecular complexity index is 520. The summed E-state index contributed by atoms with van der Waals surface area (Å²) in [5, 5.41) is 8.89. The number of hydrogen-bond donors (Lipinski definition) is 1. The molecule has 3 heteroatoms. The van der Waals surface area contributed by atoms with Crippen molar-refractivity contribution < 1.29 is 14.6 Å². The molecular formula is C15H14O3. The smallest absolute Gasteiger partial charge is 0.191 e. The highest BCUT2D eigenvalue weighted by molar-refractivity contribution is 5.99. The van der Waals surface area contributed by atoms with Crippen LogP contribution in [0, 0.1) is 0 Å². The molecule has 0 bridgehead atoms. The Morgan fingerprint density at radius 3 is 2.39 bits per heavy atom. The van der Waals surface area contributed by atoms with Gasteiger partial charge in [-0.15, -0.1) is 0 Å². The lowest BCUT2D eigenvalue weighted by molar-refractivity contribution is 0.0899. The van der Waals surface area contributed by atoms with Crippen LogP contribution in [0.5, 0.6) is 5.75 Å². The van der Waals surface area contributed by atoms with Crippen molar-refractivity contribution in [2.24, 2.45) is 0 Å². The molecule has 0 aliphatic rings. The van der Waals surface area contributed by atoms with E-state index >= 15 is 0 Å². The van der Waals surface area contributed by atoms with Crippen molar-refractivity contribution in [3.8, 4) is 5.75 Å². The second-order valence-electron chi connectivity index (χ2n) is 3.85. The summed E-state index contributed by atoms with van der Waals surface area (Å²) in [6, 6.07) is 16.6. The Hall–Kier alpha value is -2.13. The second kappa shape index (κ2) is 5.98. The first-order valence-electron chi connectivity index (χ1n) is 5.71. The van der Waals surface area contributed by atoms with Gasteiger partial charge >= 0.3 is 0 Å². The molecule has 0 unspecified atom stereocenters. The zero-order chi connectivity index (χ0) is 12.8. The highest BCUT2D eigenvalue weighted by atomic mass is 16.5. The summed E-state index contributed by atoms with van der Waals surface area (Å²) in [6.07, 6.45) is 0. The molecule has 0 aliphatic heterocycles. The summed E-state index contributed by atoms with van der Waals surface area (Å²) in [7, 11) is 0. The summed E-state index contributed by atoms with van der Waals surface area (Å²) < 4.78 is 5.61. The van der Waals surface area contributed by atoms with Gasteiger partial charge in [-0.2, -0.15) is 0 Å². The van der Waals surface area contributed by atoms with Crippen LogP contribution in [0.4, 0.5) is 0 Å². The second-order valence-corrected chi connectivity index (χ2v) is 3.85. The molecule has 0 fully saturated rings. The van der Waals surface area contributed by atoms with Gasteiger partial charge in [0.05, 0.1) is 5.56 Å². The number of ether oxygens (including phenoxy) is 1. The van der Waals surface area contributed by atoms with E-state index in [0.717, 1.165) is 5.56 Å². The molecule has 2 aromatic carbocycles. The monoisotopic (exact) mass is 242 g/mol. The molecule has 0 heterocycles. The highest BCUT2D eigenvalue weighted by Gasteiger charge is 2.10. The van der Waals surface area contributed by atoms with Gasteiger partial charge in [-0.3, -0.25) is 4.79 Å². The largest absolute Gasteiger partial charge is 0.488 e. The fraction of sp³-hybridized carbons (Fsp3) is 0.133. The van der Waals surface area contributed by atoms with Crippen LogP contribution in [0.15, 0.2) is 54.6 Å². The molecule has 18 heavy (non-hydrogen) atoms. The van der Waals surface area contributed by atoms with E-state index in [1.807, 2.05) is 30.3 Å². The van der Waals surface area contributed by atoms with Crippen molar-refractivity contribution in [2.75, 3.05) is 6.61 Å². The number of aliphatic hydroxyl groups is 1. The van der Waals surface area contributed by atoms with E-state index in [0.29, 0.717) is 17.9 Å². The van der Waals surface area contributed by atoms with Crippen molar-refractivity contribution in [3.63, 3.8) is 0 Å². The summed E-state index contributed by atoms with van der Waals surface area (Å²) in [5.41, 5.74) is 1.44. The molecule has 0 atom stereocenters. The summed E-state index contributed by atoms with van der Waals surface area (Å²) >= 11 is 0. The number of ketones is 1. The van der Waals surface area contributed by atoms with E-state index in [1.165, 1.54) is 0 Å². The Morgan fingerprint density at radius 1 is 1.00 bits per heavy atom. The van der Waals surface area contributed by atoms with Crippen LogP contribution in [0.25, 0.3) is 0 Å². The molecule has 2 aromatic rings. The SMILES string of the molecule is O=C(CO)c1ccccc1OCc1ccccc1. The van der Waals surface area contributed by atoms with Crippen molar-refractivity contribution >= 4 is 5.78 Å². The van der Waals surface area contributed by atoms with E-state index in [4.69, 9.17) is 9.84 Å². The lowest BCUT2D eigenvalue weighted by Crippen LogP contribution is -2.07. The maximum absolute atomic E-state index is 11.5. The molecule has 0 spiro atoms. The maximum Gasteiger partial charge on any atom is 0.191 e. The highest BCUT2D eigenvalue weighted by Crippen LogP contribution is 2.19. The Labute approximate surface area is 106 Å². The first kappa shape index (κ1) is 12.3. The van der Waals surface area contributed by atoms with Crippen LogP contribution < -0.4 is 4.74 Å². The third-order valence-electron chi connectivity index (χ3n) is 2.57. The van der Waals surface area contributed by atoms with Gasteiger partial charge < -0.3 is 9.84 Å². The first-order chi connectivity index (χ1) is 8.81. The number of Topliss-reactive ketones (excluding diaryl/α,β-unsaturated/α-hetero) is 1. The molecule has 92 valence electrons. The van der Waals surface area contributed by atoms with E-state index in [-0.39, 0.29) is 5.78 Å². The number of carbonyl (C=O) groups excluding carboxylic acids is 1. The van der Waals surface area contributed by atoms with Crippen LogP contribution in [-0.4, -0.2) is 17.5 Å². The quantitative estimate of drug-likeness (QED) is 0.819. The molecule has 0 radical (unpaired) electrons. The number of rotatable bonds is 5. The molecule has 3 nitrogen and oxygen atoms in total. The molecule has 0 aromatic heterocycles. The number of carbonyl (C=O) groups is 1. The van der Waals surface area contributed by atoms with Gasteiger partial charge in [-0.1, -0.05) is 42.5 Å². The zero-order valence-electron chi connectivity index (χ0n) is 9.87. The standard InChI is InChI=1S/C15H14O3/c16-10-14(17)13-8-4-5-9-15(13)18-11-12-6-2-1-3-7-12/h1-9,16H,10-11H2. The van der Waals surface area contributed by atoms with Crippen LogP contribution in [0.3, 0.4) is 0 Å². The minimum absolute atomic E-state index is 0.335. The zero-order valence-corrected chi connectivity index (χ0v) is 9.87. The number of aliphatic hydroxyl groups excluding tert-OH is 1. The van der Waals surface area contributed by atoms with E-state index in [2.05, 4.69) is 0 Å². The van der Waals surface area contributed by atoms with Gasteiger partial charge in [0, 0.05) is 0 Å². The van der Waals surface area contributed by atoms with Crippen LogP contribution in [0.2, 0.25) is 0 Å². The fourth-order valence-electron chi connectivity index (χ4n) is 1.64. The lowest BCUT2D eigenvalue weighted by Gasteiger charge is -2.09. The van der Waals surface area contributed by atoms with E-state index in [9.17, 15) is 4.79 Å². The number of hydrogen-bond acceptors (Lipinski definition) is 3. The number of para-hydroxylation sites is 1. The summed E-state index contributed by atoms with van der Waals surface area (Å²) in [4.78, 5) is 11.5. The van der Waals surface area contributed by atoms with Crippen molar-refractivity contribution in [2.45, 2.75) is 6.61 Å². The van der Waals surface area contributed by atoms with E-state index < -0.39 is 6.61 Å². The van der Waals surface area contributed by atoms with Crippen molar-refractivity contribution in [1.29, 1.82) is 0 Å². The molecular weight excluding hydrogens is 228 g/mol. The average molecular weight is 242 g/mol.